The largest absolute Gasteiger partial charge is 0.508 e. The van der Waals surface area contributed by atoms with Gasteiger partial charge >= 0.3 is 0 Å². The predicted molar refractivity (Wildman–Crippen MR) is 117 cm³/mol. The number of carbonyl (C=O) groups excluding carboxylic acids is 1. The number of aromatic hydroxyl groups is 1. The second-order valence-electron chi connectivity index (χ2n) is 6.76. The lowest BCUT2D eigenvalue weighted by molar-refractivity contribution is -0.112. The molecule has 2 N–H and O–H groups in total. The van der Waals surface area contributed by atoms with Gasteiger partial charge in [0.2, 0.25) is 0 Å². The van der Waals surface area contributed by atoms with Crippen LogP contribution in [0.4, 0.5) is 5.69 Å². The van der Waals surface area contributed by atoms with Crippen LogP contribution in [0.15, 0.2) is 60.2 Å². The van der Waals surface area contributed by atoms with Gasteiger partial charge in [-0.15, -0.1) is 0 Å². The van der Waals surface area contributed by atoms with E-state index in [2.05, 4.69) is 5.32 Å². The van der Waals surface area contributed by atoms with Gasteiger partial charge in [-0.2, -0.15) is 5.26 Å². The molecule has 0 atom stereocenters. The molecule has 0 aliphatic rings. The van der Waals surface area contributed by atoms with Crippen molar-refractivity contribution in [2.24, 2.45) is 0 Å². The summed E-state index contributed by atoms with van der Waals surface area (Å²) in [5, 5.41) is 21.8. The molecule has 0 aliphatic heterocycles. The van der Waals surface area contributed by atoms with E-state index in [0.717, 1.165) is 22.6 Å². The summed E-state index contributed by atoms with van der Waals surface area (Å²) in [5.41, 5.74) is 4.10. The Labute approximate surface area is 175 Å². The van der Waals surface area contributed by atoms with Crippen LogP contribution >= 0.6 is 0 Å². The van der Waals surface area contributed by atoms with Gasteiger partial charge in [-0.1, -0.05) is 0 Å². The van der Waals surface area contributed by atoms with Crippen molar-refractivity contribution in [2.75, 3.05) is 11.9 Å². The fourth-order valence-corrected chi connectivity index (χ4v) is 3.24. The van der Waals surface area contributed by atoms with Crippen molar-refractivity contribution >= 4 is 17.7 Å². The van der Waals surface area contributed by atoms with Crippen LogP contribution in [0, 0.1) is 25.2 Å². The number of benzene rings is 2. The van der Waals surface area contributed by atoms with Gasteiger partial charge in [0.25, 0.3) is 5.91 Å². The molecule has 0 bridgehead atoms. The first kappa shape index (κ1) is 20.7. The summed E-state index contributed by atoms with van der Waals surface area (Å²) in [7, 11) is 0. The van der Waals surface area contributed by atoms with Gasteiger partial charge in [0, 0.05) is 22.8 Å². The summed E-state index contributed by atoms with van der Waals surface area (Å²) in [5.74, 6) is 0.434. The number of hydrogen-bond acceptors (Lipinski definition) is 4. The number of phenolic OH excluding ortho intramolecular Hbond substituents is 1. The van der Waals surface area contributed by atoms with Crippen LogP contribution in [0.25, 0.3) is 11.8 Å². The molecule has 0 fully saturated rings. The molecule has 1 heterocycles. The van der Waals surface area contributed by atoms with E-state index < -0.39 is 5.91 Å². The quantitative estimate of drug-likeness (QED) is 0.461. The predicted octanol–water partition coefficient (Wildman–Crippen LogP) is 4.74. The van der Waals surface area contributed by atoms with Gasteiger partial charge in [-0.05, 0) is 87.0 Å². The van der Waals surface area contributed by atoms with E-state index in [-0.39, 0.29) is 11.3 Å². The zero-order valence-corrected chi connectivity index (χ0v) is 17.1. The van der Waals surface area contributed by atoms with Crippen molar-refractivity contribution in [2.45, 2.75) is 20.8 Å². The van der Waals surface area contributed by atoms with Crippen molar-refractivity contribution in [3.63, 3.8) is 0 Å². The fraction of sp³-hybridized carbons (Fsp3) is 0.167. The average Bonchev–Trinajstić information content (AvgIpc) is 3.01. The molecule has 3 rings (SSSR count). The Morgan fingerprint density at radius 1 is 1.17 bits per heavy atom. The van der Waals surface area contributed by atoms with Gasteiger partial charge in [0.15, 0.2) is 0 Å². The molecule has 3 aromatic rings. The highest BCUT2D eigenvalue weighted by molar-refractivity contribution is 6.09. The number of rotatable bonds is 6. The first-order valence-electron chi connectivity index (χ1n) is 9.57. The number of nitrogens with zero attached hydrogens (tertiary/aromatic N) is 2. The van der Waals surface area contributed by atoms with Crippen molar-refractivity contribution in [3.05, 3.63) is 77.1 Å². The molecule has 0 spiro atoms. The van der Waals surface area contributed by atoms with Crippen molar-refractivity contribution in [1.82, 2.24) is 4.57 Å². The third-order valence-corrected chi connectivity index (χ3v) is 4.67. The van der Waals surface area contributed by atoms with E-state index in [1.165, 1.54) is 0 Å². The molecule has 0 radical (unpaired) electrons. The molecular weight excluding hydrogens is 378 g/mol. The summed E-state index contributed by atoms with van der Waals surface area (Å²) >= 11 is 0. The zero-order chi connectivity index (χ0) is 21.7. The summed E-state index contributed by atoms with van der Waals surface area (Å²) in [4.78, 5) is 12.6. The first-order chi connectivity index (χ1) is 14.4. The topological polar surface area (TPSA) is 87.3 Å². The normalized spacial score (nSPS) is 11.1. The number of aryl methyl sites for hydroxylation is 1. The number of phenols is 1. The maximum absolute atomic E-state index is 12.6. The van der Waals surface area contributed by atoms with E-state index in [1.807, 2.05) is 49.6 Å². The summed E-state index contributed by atoms with van der Waals surface area (Å²) in [6.45, 7) is 6.34. The molecule has 152 valence electrons. The van der Waals surface area contributed by atoms with Crippen LogP contribution < -0.4 is 10.1 Å². The van der Waals surface area contributed by atoms with E-state index in [1.54, 1.807) is 42.5 Å². The van der Waals surface area contributed by atoms with E-state index >= 15 is 0 Å². The monoisotopic (exact) mass is 401 g/mol. The minimum absolute atomic E-state index is 0.00911. The molecule has 2 aromatic carbocycles. The maximum Gasteiger partial charge on any atom is 0.266 e. The smallest absolute Gasteiger partial charge is 0.266 e. The Balaban J connectivity index is 1.85. The third-order valence-electron chi connectivity index (χ3n) is 4.67. The highest BCUT2D eigenvalue weighted by Gasteiger charge is 2.14. The highest BCUT2D eigenvalue weighted by Crippen LogP contribution is 2.24. The number of aromatic nitrogens is 1. The van der Waals surface area contributed by atoms with Gasteiger partial charge < -0.3 is 19.7 Å². The summed E-state index contributed by atoms with van der Waals surface area (Å²) in [6, 6.07) is 17.8. The average molecular weight is 401 g/mol. The van der Waals surface area contributed by atoms with Crippen molar-refractivity contribution in [1.29, 1.82) is 5.26 Å². The molecule has 0 aliphatic carbocycles. The van der Waals surface area contributed by atoms with Crippen LogP contribution in [0.1, 0.15) is 23.9 Å². The van der Waals surface area contributed by atoms with E-state index in [0.29, 0.717) is 18.0 Å². The number of nitriles is 1. The molecule has 30 heavy (non-hydrogen) atoms. The van der Waals surface area contributed by atoms with Crippen LogP contribution in [-0.4, -0.2) is 22.2 Å². The number of hydrogen-bond donors (Lipinski definition) is 2. The van der Waals surface area contributed by atoms with Crippen LogP contribution in [0.5, 0.6) is 11.5 Å². The molecule has 1 amide bonds. The summed E-state index contributed by atoms with van der Waals surface area (Å²) < 4.78 is 7.40. The highest BCUT2D eigenvalue weighted by atomic mass is 16.5. The van der Waals surface area contributed by atoms with Gasteiger partial charge in [-0.25, -0.2) is 0 Å². The SMILES string of the molecule is CCOc1ccc(NC(=O)/C(C#N)=C/c2cc(C)n(-c3ccc(O)cc3)c2C)cc1. The lowest BCUT2D eigenvalue weighted by atomic mass is 10.1. The minimum Gasteiger partial charge on any atom is -0.508 e. The number of anilines is 1. The van der Waals surface area contributed by atoms with Gasteiger partial charge in [0.05, 0.1) is 6.61 Å². The maximum atomic E-state index is 12.6. The Hall–Kier alpha value is -3.98. The Morgan fingerprint density at radius 2 is 1.83 bits per heavy atom. The van der Waals surface area contributed by atoms with Crippen molar-refractivity contribution in [3.8, 4) is 23.3 Å². The lowest BCUT2D eigenvalue weighted by Gasteiger charge is -2.10. The molecule has 0 saturated heterocycles. The zero-order valence-electron chi connectivity index (χ0n) is 17.1. The van der Waals surface area contributed by atoms with Crippen LogP contribution in [0.2, 0.25) is 0 Å². The molecule has 1 aromatic heterocycles. The Kier molecular flexibility index (Phi) is 6.23. The molecule has 0 saturated carbocycles. The number of carbonyl (C=O) groups is 1. The molecule has 6 nitrogen and oxygen atoms in total. The second kappa shape index (κ2) is 9.01. The second-order valence-corrected chi connectivity index (χ2v) is 6.76. The first-order valence-corrected chi connectivity index (χ1v) is 9.57. The van der Waals surface area contributed by atoms with Crippen LogP contribution in [0.3, 0.4) is 0 Å². The summed E-state index contributed by atoms with van der Waals surface area (Å²) in [6.07, 6.45) is 1.59. The third kappa shape index (κ3) is 4.53. The van der Waals surface area contributed by atoms with Gasteiger partial charge in [0.1, 0.15) is 23.1 Å². The number of ether oxygens (including phenoxy) is 1. The van der Waals surface area contributed by atoms with Crippen LogP contribution in [-0.2, 0) is 4.79 Å². The molecule has 0 unspecified atom stereocenters. The molecular formula is C24H23N3O3. The van der Waals surface area contributed by atoms with Crippen molar-refractivity contribution < 1.29 is 14.6 Å². The number of amides is 1. The fourth-order valence-electron chi connectivity index (χ4n) is 3.24. The minimum atomic E-state index is -0.476. The lowest BCUT2D eigenvalue weighted by Crippen LogP contribution is -2.13. The standard InChI is InChI=1S/C24H23N3O3/c1-4-30-23-11-5-20(6-12-23)26-24(29)19(15-25)14-18-13-16(2)27(17(18)3)21-7-9-22(28)10-8-21/h5-14,28H,4H2,1-3H3,(H,26,29)/b19-14+. The van der Waals surface area contributed by atoms with E-state index in [4.69, 9.17) is 4.74 Å². The Morgan fingerprint density at radius 3 is 2.43 bits per heavy atom. The van der Waals surface area contributed by atoms with Gasteiger partial charge in [-0.3, -0.25) is 4.79 Å². The molecule has 6 heteroatoms. The number of nitrogens with one attached hydrogen (secondary N) is 1. The van der Waals surface area contributed by atoms with E-state index in [9.17, 15) is 15.2 Å². The Bertz CT molecular complexity index is 1120.